The zero-order chi connectivity index (χ0) is 11.5. The van der Waals surface area contributed by atoms with E-state index in [9.17, 15) is 0 Å². The van der Waals surface area contributed by atoms with Crippen LogP contribution >= 0.6 is 11.6 Å². The van der Waals surface area contributed by atoms with Crippen molar-refractivity contribution in [3.63, 3.8) is 0 Å². The quantitative estimate of drug-likeness (QED) is 0.787. The van der Waals surface area contributed by atoms with Crippen LogP contribution in [0.5, 0.6) is 0 Å². The van der Waals surface area contributed by atoms with E-state index in [0.717, 1.165) is 29.8 Å². The van der Waals surface area contributed by atoms with E-state index >= 15 is 0 Å². The van der Waals surface area contributed by atoms with E-state index in [4.69, 9.17) is 17.3 Å². The molecule has 3 N–H and O–H groups in total. The number of hydrogen-bond acceptors (Lipinski definition) is 2. The molecule has 0 amide bonds. The summed E-state index contributed by atoms with van der Waals surface area (Å²) in [5.41, 5.74) is 7.62. The number of benzene rings is 1. The number of rotatable bonds is 3. The zero-order valence-corrected chi connectivity index (χ0v) is 10.4. The van der Waals surface area contributed by atoms with Gasteiger partial charge in [0.05, 0.1) is 11.4 Å². The Morgan fingerprint density at radius 2 is 2.25 bits per heavy atom. The number of nitrogen functional groups attached to an aromatic ring is 1. The molecule has 2 rings (SSSR count). The molecule has 1 aromatic rings. The first kappa shape index (κ1) is 11.6. The second-order valence-corrected chi connectivity index (χ2v) is 5.33. The molecule has 0 spiro atoms. The lowest BCUT2D eigenvalue weighted by Crippen LogP contribution is -2.12. The average Bonchev–Trinajstić information content (AvgIpc) is 2.63. The van der Waals surface area contributed by atoms with Gasteiger partial charge in [-0.2, -0.15) is 0 Å². The summed E-state index contributed by atoms with van der Waals surface area (Å²) >= 11 is 5.86. The van der Waals surface area contributed by atoms with Gasteiger partial charge in [-0.1, -0.05) is 24.9 Å². The van der Waals surface area contributed by atoms with Crippen molar-refractivity contribution in [2.45, 2.75) is 26.2 Å². The van der Waals surface area contributed by atoms with Crippen molar-refractivity contribution in [3.8, 4) is 0 Å². The second-order valence-electron chi connectivity index (χ2n) is 4.90. The van der Waals surface area contributed by atoms with Gasteiger partial charge in [-0.15, -0.1) is 0 Å². The third-order valence-corrected chi connectivity index (χ3v) is 3.63. The standard InChI is InChI=1S/C13H19ClN2/c1-9-2-3-10(6-9)8-16-13-5-4-11(14)7-12(13)15/h4-5,7,9-10,16H,2-3,6,8,15H2,1H3. The number of hydrogen-bond donors (Lipinski definition) is 2. The normalized spacial score (nSPS) is 24.6. The van der Waals surface area contributed by atoms with Crippen LogP contribution in [0.15, 0.2) is 18.2 Å². The summed E-state index contributed by atoms with van der Waals surface area (Å²) in [4.78, 5) is 0. The summed E-state index contributed by atoms with van der Waals surface area (Å²) in [5, 5.41) is 4.11. The van der Waals surface area contributed by atoms with Crippen LogP contribution < -0.4 is 11.1 Å². The summed E-state index contributed by atoms with van der Waals surface area (Å²) in [6, 6.07) is 5.62. The Labute approximate surface area is 102 Å². The first-order valence-electron chi connectivity index (χ1n) is 5.94. The molecule has 0 heterocycles. The molecule has 1 fully saturated rings. The third kappa shape index (κ3) is 2.82. The smallest absolute Gasteiger partial charge is 0.0575 e. The van der Waals surface area contributed by atoms with Crippen LogP contribution in [-0.4, -0.2) is 6.54 Å². The predicted molar refractivity (Wildman–Crippen MR) is 70.9 cm³/mol. The molecule has 0 aromatic heterocycles. The number of nitrogens with two attached hydrogens (primary N) is 1. The maximum Gasteiger partial charge on any atom is 0.0575 e. The molecule has 0 aliphatic heterocycles. The third-order valence-electron chi connectivity index (χ3n) is 3.40. The van der Waals surface area contributed by atoms with Crippen LogP contribution in [0.4, 0.5) is 11.4 Å². The van der Waals surface area contributed by atoms with E-state index in [-0.39, 0.29) is 0 Å². The monoisotopic (exact) mass is 238 g/mol. The minimum atomic E-state index is 0.692. The number of halogens is 1. The van der Waals surface area contributed by atoms with Gasteiger partial charge in [0, 0.05) is 11.6 Å². The van der Waals surface area contributed by atoms with Crippen molar-refractivity contribution in [1.82, 2.24) is 0 Å². The van der Waals surface area contributed by atoms with Crippen molar-refractivity contribution in [1.29, 1.82) is 0 Å². The van der Waals surface area contributed by atoms with Crippen molar-refractivity contribution in [2.24, 2.45) is 11.8 Å². The lowest BCUT2D eigenvalue weighted by Gasteiger charge is -2.14. The van der Waals surface area contributed by atoms with E-state index in [1.54, 1.807) is 6.07 Å². The van der Waals surface area contributed by atoms with Crippen molar-refractivity contribution in [3.05, 3.63) is 23.2 Å². The molecule has 1 aliphatic carbocycles. The molecule has 2 unspecified atom stereocenters. The van der Waals surface area contributed by atoms with Gasteiger partial charge in [0.25, 0.3) is 0 Å². The minimum Gasteiger partial charge on any atom is -0.397 e. The molecule has 0 bridgehead atoms. The van der Waals surface area contributed by atoms with Crippen molar-refractivity contribution < 1.29 is 0 Å². The highest BCUT2D eigenvalue weighted by Crippen LogP contribution is 2.31. The molecular formula is C13H19ClN2. The molecule has 1 saturated carbocycles. The second kappa shape index (κ2) is 4.96. The summed E-state index contributed by atoms with van der Waals surface area (Å²) in [7, 11) is 0. The fourth-order valence-electron chi connectivity index (χ4n) is 2.46. The van der Waals surface area contributed by atoms with Gasteiger partial charge in [-0.05, 0) is 42.9 Å². The van der Waals surface area contributed by atoms with Gasteiger partial charge in [0.2, 0.25) is 0 Å². The Bertz CT molecular complexity index is 365. The van der Waals surface area contributed by atoms with Crippen LogP contribution in [0, 0.1) is 11.8 Å². The highest BCUT2D eigenvalue weighted by atomic mass is 35.5. The maximum absolute atomic E-state index is 5.89. The summed E-state index contributed by atoms with van der Waals surface area (Å²) in [6.45, 7) is 3.35. The van der Waals surface area contributed by atoms with Crippen LogP contribution in [0.3, 0.4) is 0 Å². The lowest BCUT2D eigenvalue weighted by atomic mass is 10.1. The van der Waals surface area contributed by atoms with Gasteiger partial charge in [-0.25, -0.2) is 0 Å². The molecular weight excluding hydrogens is 220 g/mol. The van der Waals surface area contributed by atoms with E-state index in [1.807, 2.05) is 12.1 Å². The Morgan fingerprint density at radius 3 is 2.88 bits per heavy atom. The highest BCUT2D eigenvalue weighted by Gasteiger charge is 2.20. The Balaban J connectivity index is 1.89. The van der Waals surface area contributed by atoms with Gasteiger partial charge in [-0.3, -0.25) is 0 Å². The van der Waals surface area contributed by atoms with Crippen LogP contribution in [0.2, 0.25) is 5.02 Å². The fraction of sp³-hybridized carbons (Fsp3) is 0.538. The largest absolute Gasteiger partial charge is 0.397 e. The van der Waals surface area contributed by atoms with Crippen molar-refractivity contribution >= 4 is 23.0 Å². The molecule has 2 atom stereocenters. The predicted octanol–water partition coefficient (Wildman–Crippen LogP) is 3.77. The maximum atomic E-state index is 5.89. The summed E-state index contributed by atoms with van der Waals surface area (Å²) in [5.74, 6) is 1.68. The number of nitrogens with one attached hydrogen (secondary N) is 1. The van der Waals surface area contributed by atoms with E-state index in [0.29, 0.717) is 5.02 Å². The Kier molecular flexibility index (Phi) is 3.59. The van der Waals surface area contributed by atoms with Gasteiger partial charge < -0.3 is 11.1 Å². The van der Waals surface area contributed by atoms with Gasteiger partial charge in [0.1, 0.15) is 0 Å². The summed E-state index contributed by atoms with van der Waals surface area (Å²) in [6.07, 6.45) is 4.03. The number of anilines is 2. The van der Waals surface area contributed by atoms with E-state index in [1.165, 1.54) is 19.3 Å². The summed E-state index contributed by atoms with van der Waals surface area (Å²) < 4.78 is 0. The SMILES string of the molecule is CC1CCC(CNc2ccc(Cl)cc2N)C1. The van der Waals surface area contributed by atoms with Crippen LogP contribution in [0.25, 0.3) is 0 Å². The molecule has 2 nitrogen and oxygen atoms in total. The Hall–Kier alpha value is -0.890. The zero-order valence-electron chi connectivity index (χ0n) is 9.67. The minimum absolute atomic E-state index is 0.692. The lowest BCUT2D eigenvalue weighted by molar-refractivity contribution is 0.537. The first-order chi connectivity index (χ1) is 7.65. The fourth-order valence-corrected chi connectivity index (χ4v) is 2.64. The molecule has 1 aromatic carbocycles. The highest BCUT2D eigenvalue weighted by molar-refractivity contribution is 6.31. The average molecular weight is 239 g/mol. The van der Waals surface area contributed by atoms with Gasteiger partial charge in [0.15, 0.2) is 0 Å². The molecule has 16 heavy (non-hydrogen) atoms. The molecule has 3 heteroatoms. The van der Waals surface area contributed by atoms with Gasteiger partial charge >= 0.3 is 0 Å². The molecule has 0 radical (unpaired) electrons. The van der Waals surface area contributed by atoms with Crippen LogP contribution in [-0.2, 0) is 0 Å². The first-order valence-corrected chi connectivity index (χ1v) is 6.32. The van der Waals surface area contributed by atoms with Crippen LogP contribution in [0.1, 0.15) is 26.2 Å². The topological polar surface area (TPSA) is 38.0 Å². The van der Waals surface area contributed by atoms with E-state index < -0.39 is 0 Å². The van der Waals surface area contributed by atoms with Crippen molar-refractivity contribution in [2.75, 3.05) is 17.6 Å². The molecule has 88 valence electrons. The molecule has 0 saturated heterocycles. The van der Waals surface area contributed by atoms with E-state index in [2.05, 4.69) is 12.2 Å². The Morgan fingerprint density at radius 1 is 1.44 bits per heavy atom. The molecule has 1 aliphatic rings.